The second kappa shape index (κ2) is 11.4. The lowest BCUT2D eigenvalue weighted by molar-refractivity contribution is 0.590. The summed E-state index contributed by atoms with van der Waals surface area (Å²) in [5.41, 5.74) is 14.7. The van der Waals surface area contributed by atoms with Gasteiger partial charge in [-0.3, -0.25) is 0 Å². The van der Waals surface area contributed by atoms with E-state index in [1.54, 1.807) is 0 Å². The van der Waals surface area contributed by atoms with Crippen molar-refractivity contribution in [1.29, 1.82) is 0 Å². The molecule has 47 heavy (non-hydrogen) atoms. The first-order valence-corrected chi connectivity index (χ1v) is 23.2. The van der Waals surface area contributed by atoms with Gasteiger partial charge >= 0.3 is 0 Å². The Morgan fingerprint density at radius 3 is 1.43 bits per heavy atom. The minimum Gasteiger partial charge on any atom is -0.311 e. The third-order valence-electron chi connectivity index (χ3n) is 10.4. The van der Waals surface area contributed by atoms with Crippen molar-refractivity contribution in [1.82, 2.24) is 0 Å². The number of hydrogen-bond donors (Lipinski definition) is 0. The molecule has 0 saturated carbocycles. The number of fused-ring (bicyclic) bond motifs is 4. The normalized spacial score (nSPS) is 14.0. The van der Waals surface area contributed by atoms with Crippen molar-refractivity contribution in [2.24, 2.45) is 0 Å². The fourth-order valence-electron chi connectivity index (χ4n) is 7.46. The summed E-state index contributed by atoms with van der Waals surface area (Å²) in [7, 11) is -1.93. The highest BCUT2D eigenvalue weighted by atomic mass is 28.3. The van der Waals surface area contributed by atoms with Crippen LogP contribution in [0.25, 0.3) is 0 Å². The maximum absolute atomic E-state index is 2.57. The van der Waals surface area contributed by atoms with Crippen LogP contribution in [-0.4, -0.2) is 24.3 Å². The highest BCUT2D eigenvalue weighted by Crippen LogP contribution is 2.44. The van der Waals surface area contributed by atoms with E-state index >= 15 is 0 Å². The summed E-state index contributed by atoms with van der Waals surface area (Å²) in [5.74, 6) is 0. The molecule has 0 radical (unpaired) electrons. The first kappa shape index (κ1) is 31.8. The van der Waals surface area contributed by atoms with Gasteiger partial charge in [0.1, 0.15) is 0 Å². The summed E-state index contributed by atoms with van der Waals surface area (Å²) in [6.45, 7) is 23.8. The van der Waals surface area contributed by atoms with Crippen LogP contribution in [-0.2, 0) is 10.8 Å². The third kappa shape index (κ3) is 5.42. The van der Waals surface area contributed by atoms with Gasteiger partial charge in [-0.2, -0.15) is 0 Å². The molecule has 2 nitrogen and oxygen atoms in total. The standard InChI is InChI=1S/C42H49BN2Si2/c1-41(2,3)28-14-17-30(18-15-28)44-36-24-16-29(42(4,5)6)26-34(36)43-35-27-33(47(9)10)23-25-37(35)45(39-13-11-12-38(44)40(39)43)31-19-21-32(22-20-31)46(7)8/h11-27,46-47H,1-10H3. The average Bonchev–Trinajstić information content (AvgIpc) is 3.03. The highest BCUT2D eigenvalue weighted by Gasteiger charge is 2.43. The molecular weight excluding hydrogens is 599 g/mol. The van der Waals surface area contributed by atoms with Crippen LogP contribution in [0.3, 0.4) is 0 Å². The Kier molecular flexibility index (Phi) is 7.72. The summed E-state index contributed by atoms with van der Waals surface area (Å²) in [4.78, 5) is 5.07. The first-order chi connectivity index (χ1) is 22.2. The topological polar surface area (TPSA) is 6.48 Å². The monoisotopic (exact) mass is 648 g/mol. The minimum absolute atomic E-state index is 0.0473. The largest absolute Gasteiger partial charge is 0.311 e. The SMILES string of the molecule is C[SiH](C)c1ccc(N2c3ccc([SiH](C)C)cc3B3c4cc(C(C)(C)C)ccc4N(c4ccc(C(C)(C)C)cc4)c4cccc2c43)cc1. The molecule has 0 fully saturated rings. The van der Waals surface area contributed by atoms with Crippen LogP contribution in [0.4, 0.5) is 34.1 Å². The quantitative estimate of drug-likeness (QED) is 0.180. The molecule has 0 saturated heterocycles. The molecule has 0 unspecified atom stereocenters. The molecule has 2 aliphatic heterocycles. The molecule has 2 heterocycles. The summed E-state index contributed by atoms with van der Waals surface area (Å²) in [6.07, 6.45) is 0. The molecule has 5 aromatic rings. The average molecular weight is 649 g/mol. The summed E-state index contributed by atoms with van der Waals surface area (Å²) in [6, 6.07) is 40.4. The molecule has 0 aliphatic carbocycles. The maximum atomic E-state index is 2.57. The molecule has 0 spiro atoms. The van der Waals surface area contributed by atoms with Gasteiger partial charge in [0.2, 0.25) is 0 Å². The zero-order chi connectivity index (χ0) is 33.4. The predicted octanol–water partition coefficient (Wildman–Crippen LogP) is 7.75. The second-order valence-corrected chi connectivity index (χ2v) is 22.3. The molecule has 0 bridgehead atoms. The lowest BCUT2D eigenvalue weighted by Gasteiger charge is -2.44. The molecular formula is C42H49BN2Si2. The summed E-state index contributed by atoms with van der Waals surface area (Å²) in [5, 5.41) is 3.04. The summed E-state index contributed by atoms with van der Waals surface area (Å²) < 4.78 is 0. The zero-order valence-electron chi connectivity index (χ0n) is 29.9. The van der Waals surface area contributed by atoms with Crippen LogP contribution in [0.2, 0.25) is 26.2 Å². The van der Waals surface area contributed by atoms with Gasteiger partial charge < -0.3 is 9.80 Å². The van der Waals surface area contributed by atoms with Gasteiger partial charge in [-0.25, -0.2) is 0 Å². The van der Waals surface area contributed by atoms with Gasteiger partial charge in [0.25, 0.3) is 6.71 Å². The van der Waals surface area contributed by atoms with Crippen LogP contribution < -0.4 is 36.6 Å². The fourth-order valence-corrected chi connectivity index (χ4v) is 9.42. The molecule has 5 heteroatoms. The van der Waals surface area contributed by atoms with Crippen molar-refractivity contribution >= 4 is 85.2 Å². The summed E-state index contributed by atoms with van der Waals surface area (Å²) >= 11 is 0. The Bertz CT molecular complexity index is 1970. The smallest absolute Gasteiger partial charge is 0.252 e. The van der Waals surface area contributed by atoms with Crippen LogP contribution in [0.15, 0.2) is 103 Å². The number of benzene rings is 5. The van der Waals surface area contributed by atoms with Crippen LogP contribution >= 0.6 is 0 Å². The van der Waals surface area contributed by atoms with E-state index in [1.807, 2.05) is 0 Å². The number of nitrogens with zero attached hydrogens (tertiary/aromatic N) is 2. The van der Waals surface area contributed by atoms with Crippen molar-refractivity contribution in [2.45, 2.75) is 78.6 Å². The lowest BCUT2D eigenvalue weighted by Crippen LogP contribution is -2.62. The maximum Gasteiger partial charge on any atom is 0.252 e. The van der Waals surface area contributed by atoms with E-state index in [0.29, 0.717) is 0 Å². The van der Waals surface area contributed by atoms with E-state index in [0.717, 1.165) is 0 Å². The first-order valence-electron chi connectivity index (χ1n) is 17.5. The molecule has 7 rings (SSSR count). The number of hydrogen-bond acceptors (Lipinski definition) is 2. The van der Waals surface area contributed by atoms with E-state index in [1.165, 1.54) is 72.0 Å². The number of rotatable bonds is 4. The van der Waals surface area contributed by atoms with Crippen molar-refractivity contribution in [3.8, 4) is 0 Å². The third-order valence-corrected chi connectivity index (χ3v) is 13.8. The Labute approximate surface area is 286 Å². The molecule has 5 aromatic carbocycles. The van der Waals surface area contributed by atoms with Gasteiger partial charge in [0.15, 0.2) is 0 Å². The van der Waals surface area contributed by atoms with E-state index < -0.39 is 17.6 Å². The Morgan fingerprint density at radius 2 is 0.915 bits per heavy atom. The van der Waals surface area contributed by atoms with Crippen LogP contribution in [0.5, 0.6) is 0 Å². The van der Waals surface area contributed by atoms with E-state index in [2.05, 4.69) is 181 Å². The lowest BCUT2D eigenvalue weighted by atomic mass is 9.33. The van der Waals surface area contributed by atoms with Gasteiger partial charge in [-0.15, -0.1) is 0 Å². The Balaban J connectivity index is 1.53. The molecule has 2 aliphatic rings. The van der Waals surface area contributed by atoms with Crippen molar-refractivity contribution in [3.05, 3.63) is 114 Å². The van der Waals surface area contributed by atoms with Crippen molar-refractivity contribution in [3.63, 3.8) is 0 Å². The zero-order valence-corrected chi connectivity index (χ0v) is 32.3. The highest BCUT2D eigenvalue weighted by molar-refractivity contribution is 7.00. The van der Waals surface area contributed by atoms with Crippen LogP contribution in [0.1, 0.15) is 52.7 Å². The fraction of sp³-hybridized carbons (Fsp3) is 0.286. The van der Waals surface area contributed by atoms with E-state index in [4.69, 9.17) is 0 Å². The van der Waals surface area contributed by atoms with Gasteiger partial charge in [0, 0.05) is 34.1 Å². The van der Waals surface area contributed by atoms with E-state index in [9.17, 15) is 0 Å². The number of anilines is 6. The van der Waals surface area contributed by atoms with Crippen molar-refractivity contribution < 1.29 is 0 Å². The van der Waals surface area contributed by atoms with Gasteiger partial charge in [0.05, 0.1) is 17.6 Å². The molecule has 0 atom stereocenters. The Hall–Kier alpha value is -3.80. The molecule has 238 valence electrons. The molecule has 0 amide bonds. The molecule has 0 N–H and O–H groups in total. The van der Waals surface area contributed by atoms with Gasteiger partial charge in [-0.1, -0.05) is 133 Å². The molecule has 0 aromatic heterocycles. The van der Waals surface area contributed by atoms with Crippen molar-refractivity contribution in [2.75, 3.05) is 9.80 Å². The minimum atomic E-state index is -1.04. The van der Waals surface area contributed by atoms with Gasteiger partial charge in [-0.05, 0) is 86.9 Å². The Morgan fingerprint density at radius 1 is 0.468 bits per heavy atom. The predicted molar refractivity (Wildman–Crippen MR) is 215 cm³/mol. The second-order valence-electron chi connectivity index (χ2n) is 16.4. The van der Waals surface area contributed by atoms with Crippen LogP contribution in [0, 0.1) is 0 Å². The van der Waals surface area contributed by atoms with E-state index in [-0.39, 0.29) is 17.5 Å².